The van der Waals surface area contributed by atoms with Crippen molar-refractivity contribution < 1.29 is 5.11 Å². The molecule has 0 amide bonds. The Balaban J connectivity index is 1.45. The summed E-state index contributed by atoms with van der Waals surface area (Å²) < 4.78 is 0. The molecule has 0 unspecified atom stereocenters. The lowest BCUT2D eigenvalue weighted by molar-refractivity contribution is -0.0544. The normalized spacial score (nSPS) is 28.8. The Morgan fingerprint density at radius 3 is 2.36 bits per heavy atom. The fourth-order valence-electron chi connectivity index (χ4n) is 3.83. The van der Waals surface area contributed by atoms with E-state index in [9.17, 15) is 5.11 Å². The lowest BCUT2D eigenvalue weighted by Gasteiger charge is -2.43. The van der Waals surface area contributed by atoms with Crippen molar-refractivity contribution in [2.75, 3.05) is 52.9 Å². The van der Waals surface area contributed by atoms with Gasteiger partial charge in [0.05, 0.1) is 5.60 Å². The Hall–Kier alpha value is -0.940. The van der Waals surface area contributed by atoms with Crippen molar-refractivity contribution in [1.29, 1.82) is 0 Å². The van der Waals surface area contributed by atoms with Gasteiger partial charge in [-0.15, -0.1) is 0 Å². The molecule has 0 saturated carbocycles. The third kappa shape index (κ3) is 4.29. The predicted molar refractivity (Wildman–Crippen MR) is 89.8 cm³/mol. The van der Waals surface area contributed by atoms with E-state index in [0.29, 0.717) is 0 Å². The van der Waals surface area contributed by atoms with Crippen molar-refractivity contribution in [2.24, 2.45) is 0 Å². The van der Waals surface area contributed by atoms with E-state index in [1.54, 1.807) is 0 Å². The largest absolute Gasteiger partial charge is 0.387 e. The second kappa shape index (κ2) is 7.09. The molecular weight excluding hydrogens is 274 g/mol. The van der Waals surface area contributed by atoms with Crippen molar-refractivity contribution in [3.8, 4) is 0 Å². The summed E-state index contributed by atoms with van der Waals surface area (Å²) in [5, 5.41) is 10.8. The van der Waals surface area contributed by atoms with E-state index in [-0.39, 0.29) is 0 Å². The van der Waals surface area contributed by atoms with Crippen LogP contribution in [-0.2, 0) is 6.54 Å². The molecule has 2 heterocycles. The number of piperidine rings is 1. The summed E-state index contributed by atoms with van der Waals surface area (Å²) in [6, 6.07) is 10.7. The minimum Gasteiger partial charge on any atom is -0.387 e. The molecule has 2 aliphatic heterocycles. The summed E-state index contributed by atoms with van der Waals surface area (Å²) in [5.41, 5.74) is 0.887. The molecule has 22 heavy (non-hydrogen) atoms. The number of rotatable bonds is 4. The zero-order valence-corrected chi connectivity index (χ0v) is 13.7. The number of likely N-dealkylation sites (N-methyl/N-ethyl adjacent to an activating group) is 1. The quantitative estimate of drug-likeness (QED) is 0.907. The van der Waals surface area contributed by atoms with Crippen LogP contribution in [0.4, 0.5) is 0 Å². The van der Waals surface area contributed by atoms with Crippen LogP contribution >= 0.6 is 0 Å². The number of nitrogens with zero attached hydrogens (tertiary/aromatic N) is 3. The number of likely N-dealkylation sites (tertiary alicyclic amines) is 1. The van der Waals surface area contributed by atoms with Gasteiger partial charge in [0, 0.05) is 45.8 Å². The summed E-state index contributed by atoms with van der Waals surface area (Å²) in [6.07, 6.45) is 2.06. The highest BCUT2D eigenvalue weighted by Gasteiger charge is 2.34. The molecule has 4 heteroatoms. The van der Waals surface area contributed by atoms with E-state index in [0.717, 1.165) is 65.2 Å². The Labute approximate surface area is 134 Å². The van der Waals surface area contributed by atoms with E-state index in [1.165, 1.54) is 5.56 Å². The number of piperazine rings is 1. The Kier molecular flexibility index (Phi) is 5.14. The van der Waals surface area contributed by atoms with Crippen LogP contribution in [0, 0.1) is 0 Å². The van der Waals surface area contributed by atoms with E-state index < -0.39 is 5.60 Å². The van der Waals surface area contributed by atoms with Crippen LogP contribution in [-0.4, -0.2) is 78.3 Å². The van der Waals surface area contributed by atoms with Crippen molar-refractivity contribution in [3.63, 3.8) is 0 Å². The Bertz CT molecular complexity index is 459. The highest BCUT2D eigenvalue weighted by molar-refractivity contribution is 5.14. The molecule has 2 saturated heterocycles. The average Bonchev–Trinajstić information content (AvgIpc) is 2.50. The van der Waals surface area contributed by atoms with Crippen molar-refractivity contribution in [1.82, 2.24) is 14.7 Å². The fourth-order valence-corrected chi connectivity index (χ4v) is 3.83. The minimum absolute atomic E-state index is 0.505. The van der Waals surface area contributed by atoms with Gasteiger partial charge in [0.25, 0.3) is 0 Å². The third-order valence-corrected chi connectivity index (χ3v) is 4.98. The summed E-state index contributed by atoms with van der Waals surface area (Å²) in [5.74, 6) is 0. The molecule has 3 rings (SSSR count). The van der Waals surface area contributed by atoms with Crippen molar-refractivity contribution in [3.05, 3.63) is 35.9 Å². The monoisotopic (exact) mass is 303 g/mol. The van der Waals surface area contributed by atoms with Gasteiger partial charge >= 0.3 is 0 Å². The van der Waals surface area contributed by atoms with Gasteiger partial charge in [-0.1, -0.05) is 30.3 Å². The summed E-state index contributed by atoms with van der Waals surface area (Å²) in [4.78, 5) is 7.22. The first-order valence-corrected chi connectivity index (χ1v) is 8.53. The van der Waals surface area contributed by atoms with E-state index >= 15 is 0 Å². The molecule has 4 nitrogen and oxygen atoms in total. The molecule has 0 aromatic heterocycles. The first-order valence-electron chi connectivity index (χ1n) is 8.53. The second-order valence-electron chi connectivity index (χ2n) is 7.10. The van der Waals surface area contributed by atoms with Crippen molar-refractivity contribution in [2.45, 2.75) is 25.0 Å². The topological polar surface area (TPSA) is 30.0 Å². The maximum absolute atomic E-state index is 10.8. The van der Waals surface area contributed by atoms with Gasteiger partial charge in [0.15, 0.2) is 0 Å². The molecule has 1 atom stereocenters. The zero-order chi connectivity index (χ0) is 15.4. The Morgan fingerprint density at radius 2 is 1.68 bits per heavy atom. The second-order valence-corrected chi connectivity index (χ2v) is 7.10. The predicted octanol–water partition coefficient (Wildman–Crippen LogP) is 1.26. The first kappa shape index (κ1) is 15.9. The average molecular weight is 303 g/mol. The van der Waals surface area contributed by atoms with E-state index in [4.69, 9.17) is 0 Å². The number of hydrogen-bond acceptors (Lipinski definition) is 4. The standard InChI is InChI=1S/C18H29N3O/c1-19-9-5-8-18(22,15-19)16-21-12-10-20(11-13-21)14-17-6-3-2-4-7-17/h2-4,6-7,22H,5,8-16H2,1H3/t18-/m1/s1. The molecule has 0 aliphatic carbocycles. The SMILES string of the molecule is CN1CCC[C@](O)(CN2CCN(Cc3ccccc3)CC2)C1. The molecule has 1 aromatic carbocycles. The Morgan fingerprint density at radius 1 is 1.00 bits per heavy atom. The molecular formula is C18H29N3O. The molecule has 2 fully saturated rings. The fraction of sp³-hybridized carbons (Fsp3) is 0.667. The molecule has 0 bridgehead atoms. The molecule has 1 aromatic rings. The van der Waals surface area contributed by atoms with Crippen LogP contribution in [0.1, 0.15) is 18.4 Å². The minimum atomic E-state index is -0.505. The van der Waals surface area contributed by atoms with Crippen LogP contribution in [0.3, 0.4) is 0 Å². The highest BCUT2D eigenvalue weighted by atomic mass is 16.3. The number of β-amino-alcohol motifs (C(OH)–C–C–N with tert-alkyl or cyclic N) is 1. The van der Waals surface area contributed by atoms with Gasteiger partial charge in [0.2, 0.25) is 0 Å². The molecule has 122 valence electrons. The number of hydrogen-bond donors (Lipinski definition) is 1. The van der Waals surface area contributed by atoms with Crippen LogP contribution in [0.5, 0.6) is 0 Å². The van der Waals surface area contributed by atoms with Crippen LogP contribution < -0.4 is 0 Å². The number of benzene rings is 1. The summed E-state index contributed by atoms with van der Waals surface area (Å²) >= 11 is 0. The molecule has 0 spiro atoms. The zero-order valence-electron chi connectivity index (χ0n) is 13.7. The highest BCUT2D eigenvalue weighted by Crippen LogP contribution is 2.22. The third-order valence-electron chi connectivity index (χ3n) is 4.98. The van der Waals surface area contributed by atoms with Crippen LogP contribution in [0.25, 0.3) is 0 Å². The van der Waals surface area contributed by atoms with Gasteiger partial charge in [0.1, 0.15) is 0 Å². The van der Waals surface area contributed by atoms with Gasteiger partial charge in [-0.25, -0.2) is 0 Å². The summed E-state index contributed by atoms with van der Waals surface area (Å²) in [7, 11) is 2.11. The molecule has 0 radical (unpaired) electrons. The molecule has 2 aliphatic rings. The lowest BCUT2D eigenvalue weighted by Crippen LogP contribution is -2.56. The van der Waals surface area contributed by atoms with Gasteiger partial charge < -0.3 is 10.0 Å². The van der Waals surface area contributed by atoms with Gasteiger partial charge in [-0.3, -0.25) is 9.80 Å². The summed E-state index contributed by atoms with van der Waals surface area (Å²) in [6.45, 7) is 8.14. The van der Waals surface area contributed by atoms with Gasteiger partial charge in [-0.05, 0) is 32.0 Å². The van der Waals surface area contributed by atoms with Gasteiger partial charge in [-0.2, -0.15) is 0 Å². The smallest absolute Gasteiger partial charge is 0.0900 e. The lowest BCUT2D eigenvalue weighted by atomic mass is 9.92. The van der Waals surface area contributed by atoms with Crippen LogP contribution in [0.2, 0.25) is 0 Å². The van der Waals surface area contributed by atoms with E-state index in [1.807, 2.05) is 0 Å². The number of aliphatic hydroxyl groups is 1. The van der Waals surface area contributed by atoms with E-state index in [2.05, 4.69) is 52.1 Å². The maximum atomic E-state index is 10.8. The first-order chi connectivity index (χ1) is 10.6. The maximum Gasteiger partial charge on any atom is 0.0900 e. The molecule has 1 N–H and O–H groups in total. The van der Waals surface area contributed by atoms with Crippen molar-refractivity contribution >= 4 is 0 Å². The van der Waals surface area contributed by atoms with Crippen LogP contribution in [0.15, 0.2) is 30.3 Å².